The Labute approximate surface area is 138 Å². The van der Waals surface area contributed by atoms with Gasteiger partial charge in [0.25, 0.3) is 0 Å². The fourth-order valence-electron chi connectivity index (χ4n) is 2.48. The molecule has 2 aromatic carbocycles. The summed E-state index contributed by atoms with van der Waals surface area (Å²) >= 11 is 1.19. The van der Waals surface area contributed by atoms with Crippen molar-refractivity contribution in [2.45, 2.75) is 6.54 Å². The summed E-state index contributed by atoms with van der Waals surface area (Å²) in [5.41, 5.74) is 2.17. The number of nitrogens with zero attached hydrogens (tertiary/aromatic N) is 2. The highest BCUT2D eigenvalue weighted by atomic mass is 32.1. The molecule has 0 atom stereocenters. The van der Waals surface area contributed by atoms with Crippen LogP contribution in [0.15, 0.2) is 53.3 Å². The van der Waals surface area contributed by atoms with Gasteiger partial charge in [-0.3, -0.25) is 14.2 Å². The number of rotatable bonds is 5. The molecule has 1 aromatic heterocycles. The molecule has 23 heavy (non-hydrogen) atoms. The molecular weight excluding hydrogens is 308 g/mol. The molecule has 4 nitrogen and oxygen atoms in total. The molecule has 118 valence electrons. The summed E-state index contributed by atoms with van der Waals surface area (Å²) in [5, 5.41) is 0. The molecule has 3 rings (SSSR count). The van der Waals surface area contributed by atoms with Gasteiger partial charge in [-0.25, -0.2) is 0 Å². The Hall–Kier alpha value is -2.24. The van der Waals surface area contributed by atoms with Gasteiger partial charge in [0.2, 0.25) is 0 Å². The number of ketones is 1. The van der Waals surface area contributed by atoms with Gasteiger partial charge < -0.3 is 4.90 Å². The summed E-state index contributed by atoms with van der Waals surface area (Å²) in [4.78, 5) is 26.8. The molecule has 0 amide bonds. The van der Waals surface area contributed by atoms with Crippen LogP contribution in [0.25, 0.3) is 10.2 Å². The third-order valence-corrected chi connectivity index (χ3v) is 4.68. The van der Waals surface area contributed by atoms with Crippen LogP contribution < -0.4 is 4.87 Å². The normalized spacial score (nSPS) is 11.3. The van der Waals surface area contributed by atoms with E-state index in [9.17, 15) is 9.59 Å². The van der Waals surface area contributed by atoms with E-state index in [-0.39, 0.29) is 10.7 Å². The lowest BCUT2D eigenvalue weighted by Gasteiger charge is -2.10. The minimum absolute atomic E-state index is 0.0196. The van der Waals surface area contributed by atoms with Crippen LogP contribution in [-0.2, 0) is 6.54 Å². The van der Waals surface area contributed by atoms with Gasteiger partial charge in [0.15, 0.2) is 5.78 Å². The van der Waals surface area contributed by atoms with Gasteiger partial charge >= 0.3 is 4.87 Å². The van der Waals surface area contributed by atoms with Crippen LogP contribution >= 0.6 is 11.3 Å². The minimum Gasteiger partial charge on any atom is -0.308 e. The molecule has 0 unspecified atom stereocenters. The number of fused-ring (bicyclic) bond motifs is 1. The first-order chi connectivity index (χ1) is 11.1. The molecule has 5 heteroatoms. The van der Waals surface area contributed by atoms with E-state index in [0.29, 0.717) is 17.7 Å². The number of carbonyl (C=O) groups is 1. The second kappa shape index (κ2) is 6.48. The van der Waals surface area contributed by atoms with Crippen LogP contribution in [0.3, 0.4) is 0 Å². The second-order valence-electron chi connectivity index (χ2n) is 5.70. The number of hydrogen-bond donors (Lipinski definition) is 0. The van der Waals surface area contributed by atoms with E-state index in [1.165, 1.54) is 11.3 Å². The maximum absolute atomic E-state index is 12.5. The molecule has 0 aliphatic rings. The molecule has 1 heterocycles. The summed E-state index contributed by atoms with van der Waals surface area (Å²) in [5.74, 6) is -0.0202. The highest BCUT2D eigenvalue weighted by molar-refractivity contribution is 7.16. The van der Waals surface area contributed by atoms with Crippen molar-refractivity contribution < 1.29 is 4.79 Å². The number of carbonyl (C=O) groups excluding carboxylic acids is 1. The van der Waals surface area contributed by atoms with E-state index in [1.807, 2.05) is 49.3 Å². The maximum atomic E-state index is 12.5. The largest absolute Gasteiger partial charge is 0.308 e. The second-order valence-corrected chi connectivity index (χ2v) is 6.69. The van der Waals surface area contributed by atoms with E-state index in [0.717, 1.165) is 16.8 Å². The van der Waals surface area contributed by atoms with Crippen molar-refractivity contribution in [3.63, 3.8) is 0 Å². The number of likely N-dealkylation sites (N-methyl/N-ethyl adjacent to an activating group) is 1. The van der Waals surface area contributed by atoms with Crippen molar-refractivity contribution >= 4 is 27.3 Å². The molecule has 3 aromatic rings. The standard InChI is InChI=1S/C18H18N2O2S/c1-19(2)10-11-20-15-9-8-14(12-16(15)23-18(20)22)17(21)13-6-4-3-5-7-13/h3-9,12H,10-11H2,1-2H3. The summed E-state index contributed by atoms with van der Waals surface area (Å²) in [6, 6.07) is 14.7. The Balaban J connectivity index is 1.97. The van der Waals surface area contributed by atoms with E-state index < -0.39 is 0 Å². The maximum Gasteiger partial charge on any atom is 0.308 e. The molecule has 0 saturated carbocycles. The van der Waals surface area contributed by atoms with Crippen molar-refractivity contribution in [3.05, 3.63) is 69.3 Å². The summed E-state index contributed by atoms with van der Waals surface area (Å²) < 4.78 is 2.63. The van der Waals surface area contributed by atoms with Gasteiger partial charge in [0, 0.05) is 24.2 Å². The summed E-state index contributed by atoms with van der Waals surface area (Å²) in [6.45, 7) is 1.45. The van der Waals surface area contributed by atoms with Crippen molar-refractivity contribution in [2.24, 2.45) is 0 Å². The van der Waals surface area contributed by atoms with Crippen molar-refractivity contribution in [1.29, 1.82) is 0 Å². The SMILES string of the molecule is CN(C)CCn1c(=O)sc2cc(C(=O)c3ccccc3)ccc21. The number of aromatic nitrogens is 1. The van der Waals surface area contributed by atoms with Crippen LogP contribution in [0, 0.1) is 0 Å². The molecule has 0 bridgehead atoms. The Kier molecular flexibility index (Phi) is 4.41. The number of thiazole rings is 1. The van der Waals surface area contributed by atoms with E-state index in [4.69, 9.17) is 0 Å². The third kappa shape index (κ3) is 3.25. The van der Waals surface area contributed by atoms with Crippen LogP contribution in [0.5, 0.6) is 0 Å². The first kappa shape index (κ1) is 15.6. The average Bonchev–Trinajstić information content (AvgIpc) is 2.87. The van der Waals surface area contributed by atoms with Gasteiger partial charge in [0.05, 0.1) is 10.2 Å². The van der Waals surface area contributed by atoms with Crippen LogP contribution in [0.2, 0.25) is 0 Å². The van der Waals surface area contributed by atoms with Crippen LogP contribution in [0.1, 0.15) is 15.9 Å². The first-order valence-corrected chi connectivity index (χ1v) is 8.26. The highest BCUT2D eigenvalue weighted by Crippen LogP contribution is 2.21. The van der Waals surface area contributed by atoms with Crippen LogP contribution in [-0.4, -0.2) is 35.9 Å². The molecular formula is C18H18N2O2S. The highest BCUT2D eigenvalue weighted by Gasteiger charge is 2.13. The number of benzene rings is 2. The number of hydrogen-bond acceptors (Lipinski definition) is 4. The average molecular weight is 326 g/mol. The predicted octanol–water partition coefficient (Wildman–Crippen LogP) is 2.86. The molecule has 0 fully saturated rings. The van der Waals surface area contributed by atoms with Crippen molar-refractivity contribution in [3.8, 4) is 0 Å². The molecule has 0 aliphatic carbocycles. The van der Waals surface area contributed by atoms with Gasteiger partial charge in [0.1, 0.15) is 0 Å². The predicted molar refractivity (Wildman–Crippen MR) is 94.5 cm³/mol. The molecule has 0 aliphatic heterocycles. The van der Waals surface area contributed by atoms with E-state index in [1.54, 1.807) is 22.8 Å². The molecule has 0 radical (unpaired) electrons. The minimum atomic E-state index is -0.0202. The zero-order chi connectivity index (χ0) is 16.4. The Morgan fingerprint density at radius 3 is 2.52 bits per heavy atom. The van der Waals surface area contributed by atoms with Crippen molar-refractivity contribution in [1.82, 2.24) is 9.47 Å². The zero-order valence-electron chi connectivity index (χ0n) is 13.2. The monoisotopic (exact) mass is 326 g/mol. The van der Waals surface area contributed by atoms with Gasteiger partial charge in [-0.15, -0.1) is 0 Å². The van der Waals surface area contributed by atoms with Gasteiger partial charge in [-0.05, 0) is 32.3 Å². The third-order valence-electron chi connectivity index (χ3n) is 3.74. The quantitative estimate of drug-likeness (QED) is 0.677. The summed E-state index contributed by atoms with van der Waals surface area (Å²) in [6.07, 6.45) is 0. The Bertz CT molecular complexity index is 894. The fourth-order valence-corrected chi connectivity index (χ4v) is 3.43. The van der Waals surface area contributed by atoms with Gasteiger partial charge in [-0.1, -0.05) is 41.7 Å². The molecule has 0 spiro atoms. The first-order valence-electron chi connectivity index (χ1n) is 7.44. The summed E-state index contributed by atoms with van der Waals surface area (Å²) in [7, 11) is 3.96. The molecule has 0 saturated heterocycles. The smallest absolute Gasteiger partial charge is 0.308 e. The van der Waals surface area contributed by atoms with Crippen molar-refractivity contribution in [2.75, 3.05) is 20.6 Å². The lowest BCUT2D eigenvalue weighted by atomic mass is 10.0. The molecule has 0 N–H and O–H groups in total. The van der Waals surface area contributed by atoms with E-state index >= 15 is 0 Å². The van der Waals surface area contributed by atoms with Gasteiger partial charge in [-0.2, -0.15) is 0 Å². The van der Waals surface area contributed by atoms with Crippen LogP contribution in [0.4, 0.5) is 0 Å². The Morgan fingerprint density at radius 1 is 1.09 bits per heavy atom. The zero-order valence-corrected chi connectivity index (χ0v) is 14.0. The van der Waals surface area contributed by atoms with E-state index in [2.05, 4.69) is 0 Å². The Morgan fingerprint density at radius 2 is 1.83 bits per heavy atom. The topological polar surface area (TPSA) is 42.3 Å². The lowest BCUT2D eigenvalue weighted by Crippen LogP contribution is -2.23. The lowest BCUT2D eigenvalue weighted by molar-refractivity contribution is 0.103. The fraction of sp³-hybridized carbons (Fsp3) is 0.222.